The van der Waals surface area contributed by atoms with Crippen molar-refractivity contribution in [3.8, 4) is 0 Å². The largest absolute Gasteiger partial charge is 0.390 e. The summed E-state index contributed by atoms with van der Waals surface area (Å²) in [7, 11) is 0. The monoisotopic (exact) mass is 305 g/mol. The first-order valence-corrected chi connectivity index (χ1v) is 5.68. The van der Waals surface area contributed by atoms with Gasteiger partial charge in [0.05, 0.1) is 29.0 Å². The number of rotatable bonds is 3. The number of halogens is 1. The van der Waals surface area contributed by atoms with E-state index in [1.54, 1.807) is 0 Å². The van der Waals surface area contributed by atoms with Crippen LogP contribution < -0.4 is 11.4 Å². The van der Waals surface area contributed by atoms with Crippen molar-refractivity contribution in [2.75, 3.05) is 12.3 Å². The van der Waals surface area contributed by atoms with Crippen molar-refractivity contribution < 1.29 is 13.7 Å². The Kier molecular flexibility index (Phi) is 3.77. The molecule has 1 saturated heterocycles. The summed E-state index contributed by atoms with van der Waals surface area (Å²) in [4.78, 5) is 15.2. The van der Waals surface area contributed by atoms with E-state index in [9.17, 15) is 9.90 Å². The van der Waals surface area contributed by atoms with Crippen LogP contribution in [0.1, 0.15) is 12.6 Å². The van der Waals surface area contributed by atoms with E-state index in [1.807, 2.05) is 0 Å². The minimum atomic E-state index is -0.679. The van der Waals surface area contributed by atoms with Crippen LogP contribution >= 0.6 is 16.3 Å². The van der Waals surface area contributed by atoms with Gasteiger partial charge in [-0.1, -0.05) is 0 Å². The summed E-state index contributed by atoms with van der Waals surface area (Å²) in [6, 6.07) is 1.51. The van der Waals surface area contributed by atoms with Crippen LogP contribution in [0, 0.1) is 0 Å². The fourth-order valence-corrected chi connectivity index (χ4v) is 2.00. The average molecular weight is 306 g/mol. The number of aromatic nitrogens is 2. The molecule has 0 amide bonds. The van der Waals surface area contributed by atoms with Gasteiger partial charge in [0.2, 0.25) is 0 Å². The Hall–Kier alpha value is -0.960. The standard InChI is InChI=1S/C9H12BrN3O4/c10-16-4-6-5(14)3-8(17-6)13-2-1-7(11)12-9(13)15/h1-2,5-6,8,14H,3-4H2,(H2,11,12,15)/t5?,6-,8-/m1/s1. The fourth-order valence-electron chi connectivity index (χ4n) is 1.74. The number of hydrogen-bond donors (Lipinski definition) is 2. The molecule has 94 valence electrons. The highest BCUT2D eigenvalue weighted by Gasteiger charge is 2.35. The smallest absolute Gasteiger partial charge is 0.351 e. The SMILES string of the molecule is Nc1ccn([C@H]2CC(O)[C@@H](COBr)O2)c(=O)n1. The van der Waals surface area contributed by atoms with E-state index in [1.165, 1.54) is 16.8 Å². The molecule has 0 radical (unpaired) electrons. The average Bonchev–Trinajstić information content (AvgIpc) is 2.60. The molecule has 17 heavy (non-hydrogen) atoms. The highest BCUT2D eigenvalue weighted by atomic mass is 79.9. The number of aliphatic hydroxyl groups excluding tert-OH is 1. The summed E-state index contributed by atoms with van der Waals surface area (Å²) >= 11 is 2.80. The van der Waals surface area contributed by atoms with Crippen molar-refractivity contribution in [2.45, 2.75) is 24.9 Å². The molecule has 8 heteroatoms. The van der Waals surface area contributed by atoms with Gasteiger partial charge >= 0.3 is 5.69 Å². The Balaban J connectivity index is 2.17. The van der Waals surface area contributed by atoms with Gasteiger partial charge in [-0.3, -0.25) is 4.57 Å². The van der Waals surface area contributed by atoms with Crippen LogP contribution in [0.5, 0.6) is 0 Å². The summed E-state index contributed by atoms with van der Waals surface area (Å²) < 4.78 is 11.5. The second kappa shape index (κ2) is 5.13. The van der Waals surface area contributed by atoms with E-state index in [-0.39, 0.29) is 12.4 Å². The Bertz CT molecular complexity index is 452. The summed E-state index contributed by atoms with van der Waals surface area (Å²) in [6.07, 6.45) is 0.121. The van der Waals surface area contributed by atoms with E-state index in [2.05, 4.69) is 21.2 Å². The molecular formula is C9H12BrN3O4. The van der Waals surface area contributed by atoms with Crippen molar-refractivity contribution in [3.05, 3.63) is 22.7 Å². The van der Waals surface area contributed by atoms with Crippen molar-refractivity contribution in [1.82, 2.24) is 9.55 Å². The van der Waals surface area contributed by atoms with Gasteiger partial charge in [-0.2, -0.15) is 4.98 Å². The second-order valence-electron chi connectivity index (χ2n) is 3.75. The molecule has 1 fully saturated rings. The van der Waals surface area contributed by atoms with Crippen molar-refractivity contribution >= 4 is 22.1 Å². The molecule has 0 spiro atoms. The third-order valence-electron chi connectivity index (χ3n) is 2.59. The number of ether oxygens (including phenoxy) is 1. The van der Waals surface area contributed by atoms with Crippen LogP contribution in [-0.4, -0.2) is 33.5 Å². The molecular weight excluding hydrogens is 294 g/mol. The fraction of sp³-hybridized carbons (Fsp3) is 0.556. The first-order chi connectivity index (χ1) is 8.11. The van der Waals surface area contributed by atoms with Crippen molar-refractivity contribution in [2.24, 2.45) is 0 Å². The van der Waals surface area contributed by atoms with Gasteiger partial charge in [-0.15, -0.1) is 0 Å². The Morgan fingerprint density at radius 1 is 1.76 bits per heavy atom. The highest BCUT2D eigenvalue weighted by Crippen LogP contribution is 2.28. The Morgan fingerprint density at radius 3 is 3.18 bits per heavy atom. The first kappa shape index (κ1) is 12.5. The third-order valence-corrected chi connectivity index (χ3v) is 2.86. The number of nitrogens with zero attached hydrogens (tertiary/aromatic N) is 2. The van der Waals surface area contributed by atoms with Crippen LogP contribution in [0.4, 0.5) is 5.82 Å². The molecule has 1 unspecified atom stereocenters. The summed E-state index contributed by atoms with van der Waals surface area (Å²) in [5.74, 6) is 0.158. The number of hydrogen-bond acceptors (Lipinski definition) is 6. The summed E-state index contributed by atoms with van der Waals surface area (Å²) in [5, 5.41) is 9.71. The van der Waals surface area contributed by atoms with Gasteiger partial charge < -0.3 is 19.4 Å². The highest BCUT2D eigenvalue weighted by molar-refractivity contribution is 9.06. The molecule has 3 atom stereocenters. The maximum Gasteiger partial charge on any atom is 0.351 e. The lowest BCUT2D eigenvalue weighted by Crippen LogP contribution is -2.28. The predicted molar refractivity (Wildman–Crippen MR) is 62.3 cm³/mol. The zero-order valence-electron chi connectivity index (χ0n) is 8.82. The van der Waals surface area contributed by atoms with Crippen LogP contribution in [0.2, 0.25) is 0 Å². The van der Waals surface area contributed by atoms with E-state index in [0.29, 0.717) is 6.42 Å². The molecule has 0 aliphatic carbocycles. The lowest BCUT2D eigenvalue weighted by atomic mass is 10.2. The van der Waals surface area contributed by atoms with Gasteiger partial charge in [0.15, 0.2) is 0 Å². The maximum atomic E-state index is 11.6. The van der Waals surface area contributed by atoms with Crippen LogP contribution in [-0.2, 0) is 8.57 Å². The molecule has 0 aromatic carbocycles. The Morgan fingerprint density at radius 2 is 2.53 bits per heavy atom. The van der Waals surface area contributed by atoms with E-state index >= 15 is 0 Å². The Labute approximate surface area is 106 Å². The molecule has 1 aliphatic rings. The van der Waals surface area contributed by atoms with Gasteiger partial charge in [0, 0.05) is 12.6 Å². The van der Waals surface area contributed by atoms with Crippen LogP contribution in [0.3, 0.4) is 0 Å². The number of anilines is 1. The van der Waals surface area contributed by atoms with Crippen LogP contribution in [0.25, 0.3) is 0 Å². The number of nitrogen functional groups attached to an aromatic ring is 1. The second-order valence-corrected chi connectivity index (χ2v) is 4.21. The lowest BCUT2D eigenvalue weighted by Gasteiger charge is -2.14. The molecule has 1 aromatic heterocycles. The molecule has 2 heterocycles. The molecule has 1 aliphatic heterocycles. The lowest BCUT2D eigenvalue weighted by molar-refractivity contribution is -0.0365. The van der Waals surface area contributed by atoms with Gasteiger partial charge in [0.25, 0.3) is 0 Å². The quantitative estimate of drug-likeness (QED) is 0.802. The topological polar surface area (TPSA) is 99.6 Å². The summed E-state index contributed by atoms with van der Waals surface area (Å²) in [5.41, 5.74) is 4.89. The van der Waals surface area contributed by atoms with Crippen molar-refractivity contribution in [3.63, 3.8) is 0 Å². The van der Waals surface area contributed by atoms with E-state index in [4.69, 9.17) is 14.3 Å². The first-order valence-electron chi connectivity index (χ1n) is 5.03. The number of aliphatic hydroxyl groups is 1. The molecule has 3 N–H and O–H groups in total. The normalized spacial score (nSPS) is 28.5. The zero-order valence-corrected chi connectivity index (χ0v) is 10.4. The third kappa shape index (κ3) is 2.65. The summed E-state index contributed by atoms with van der Waals surface area (Å²) in [6.45, 7) is 0.203. The van der Waals surface area contributed by atoms with Gasteiger partial charge in [-0.25, -0.2) is 4.79 Å². The predicted octanol–water partition coefficient (Wildman–Crippen LogP) is -0.200. The van der Waals surface area contributed by atoms with Crippen LogP contribution in [0.15, 0.2) is 17.1 Å². The minimum Gasteiger partial charge on any atom is -0.390 e. The molecule has 1 aromatic rings. The minimum absolute atomic E-state index is 0.158. The maximum absolute atomic E-state index is 11.6. The molecule has 0 bridgehead atoms. The molecule has 7 nitrogen and oxygen atoms in total. The molecule has 0 saturated carbocycles. The molecule has 2 rings (SSSR count). The van der Waals surface area contributed by atoms with Crippen molar-refractivity contribution in [1.29, 1.82) is 0 Å². The van der Waals surface area contributed by atoms with Gasteiger partial charge in [0.1, 0.15) is 18.1 Å². The zero-order chi connectivity index (χ0) is 12.4. The van der Waals surface area contributed by atoms with E-state index in [0.717, 1.165) is 0 Å². The number of nitrogens with two attached hydrogens (primary N) is 1. The van der Waals surface area contributed by atoms with Gasteiger partial charge in [-0.05, 0) is 6.07 Å². The van der Waals surface area contributed by atoms with E-state index < -0.39 is 24.1 Å².